The third-order valence-electron chi connectivity index (χ3n) is 4.48. The molecule has 1 rings (SSSR count). The van der Waals surface area contributed by atoms with E-state index in [1.54, 1.807) is 0 Å². The molecule has 1 atom stereocenters. The van der Waals surface area contributed by atoms with Crippen molar-refractivity contribution in [1.29, 1.82) is 0 Å². The molecule has 1 aromatic carbocycles. The number of hydrogen-bond acceptors (Lipinski definition) is 5. The van der Waals surface area contributed by atoms with Gasteiger partial charge in [-0.15, -0.1) is 0 Å². The molecule has 6 nitrogen and oxygen atoms in total. The Morgan fingerprint density at radius 1 is 1.10 bits per heavy atom. The highest BCUT2D eigenvalue weighted by Crippen LogP contribution is 2.25. The number of amides is 1. The highest BCUT2D eigenvalue weighted by molar-refractivity contribution is 5.68. The zero-order valence-electron chi connectivity index (χ0n) is 20.3. The average Bonchev–Trinajstić information content (AvgIpc) is 2.61. The van der Waals surface area contributed by atoms with E-state index in [-0.39, 0.29) is 17.6 Å². The highest BCUT2D eigenvalue weighted by atomic mass is 16.6. The lowest BCUT2D eigenvalue weighted by molar-refractivity contribution is -0.191. The molecule has 0 radical (unpaired) electrons. The first-order chi connectivity index (χ1) is 14.3. The largest absolute Gasteiger partial charge is 0.494 e. The summed E-state index contributed by atoms with van der Waals surface area (Å²) in [6.07, 6.45) is 4.86. The quantitative estimate of drug-likeness (QED) is 0.419. The number of rotatable bonds is 8. The minimum Gasteiger partial charge on any atom is -0.494 e. The number of benzene rings is 1. The molecule has 0 aliphatic heterocycles. The maximum absolute atomic E-state index is 12.3. The van der Waals surface area contributed by atoms with Crippen molar-refractivity contribution in [3.8, 4) is 5.75 Å². The van der Waals surface area contributed by atoms with E-state index >= 15 is 0 Å². The molecule has 0 heterocycles. The van der Waals surface area contributed by atoms with Gasteiger partial charge >= 0.3 is 12.2 Å². The highest BCUT2D eigenvalue weighted by Gasteiger charge is 2.21. The van der Waals surface area contributed by atoms with Gasteiger partial charge in [-0.1, -0.05) is 57.9 Å². The molecule has 0 aliphatic rings. The Morgan fingerprint density at radius 3 is 2.10 bits per heavy atom. The third-order valence-corrected chi connectivity index (χ3v) is 4.48. The lowest BCUT2D eigenvalue weighted by Gasteiger charge is -2.25. The van der Waals surface area contributed by atoms with Crippen molar-refractivity contribution in [2.75, 3.05) is 6.61 Å². The van der Waals surface area contributed by atoms with Crippen LogP contribution in [0.5, 0.6) is 5.75 Å². The smallest absolute Gasteiger partial charge is 0.408 e. The molecular formula is C25H39NO5. The van der Waals surface area contributed by atoms with Gasteiger partial charge in [0.2, 0.25) is 0 Å². The second-order valence-corrected chi connectivity index (χ2v) is 9.49. The molecule has 0 saturated carbocycles. The monoisotopic (exact) mass is 433 g/mol. The van der Waals surface area contributed by atoms with Gasteiger partial charge in [-0.3, -0.25) is 0 Å². The molecule has 0 fully saturated rings. The summed E-state index contributed by atoms with van der Waals surface area (Å²) in [4.78, 5) is 28.6. The summed E-state index contributed by atoms with van der Waals surface area (Å²) in [7, 11) is 0. The number of hydrogen-bond donors (Lipinski definition) is 1. The molecule has 1 amide bonds. The SMILES string of the molecule is CCCCOc1ccc(C[C@@H](/C=C(/C)C(C)(C)C)NC(=O)OC(C)(C)C)cc1.O=C=O. The van der Waals surface area contributed by atoms with Crippen LogP contribution in [0.3, 0.4) is 0 Å². The minimum absolute atomic E-state index is 0.0465. The normalized spacial score (nSPS) is 12.7. The standard InChI is InChI=1S/C24H39NO3.CO2/c1-9-10-15-27-21-13-11-19(12-14-21)17-20(16-18(2)23(3,4)5)25-22(26)28-24(6,7)8;2-1-3/h11-14,16,20H,9-10,15,17H2,1-8H3,(H,25,26);/b18-16-;/t20-;/m1./s1. The van der Waals surface area contributed by atoms with Crippen LogP contribution in [0.2, 0.25) is 0 Å². The van der Waals surface area contributed by atoms with Gasteiger partial charge in [0.15, 0.2) is 0 Å². The zero-order chi connectivity index (χ0) is 24.1. The number of unbranched alkanes of at least 4 members (excludes halogenated alkanes) is 1. The predicted octanol–water partition coefficient (Wildman–Crippen LogP) is 5.71. The Balaban J connectivity index is 0.00000282. The Hall–Kier alpha value is -2.59. The molecule has 1 N–H and O–H groups in total. The molecule has 0 unspecified atom stereocenters. The van der Waals surface area contributed by atoms with Crippen molar-refractivity contribution in [2.24, 2.45) is 5.41 Å². The predicted molar refractivity (Wildman–Crippen MR) is 122 cm³/mol. The van der Waals surface area contributed by atoms with Crippen LogP contribution in [0.4, 0.5) is 4.79 Å². The van der Waals surface area contributed by atoms with Crippen LogP contribution in [0, 0.1) is 5.41 Å². The summed E-state index contributed by atoms with van der Waals surface area (Å²) in [5, 5.41) is 3.01. The molecule has 0 aliphatic carbocycles. The Bertz CT molecular complexity index is 718. The fourth-order valence-electron chi connectivity index (χ4n) is 2.47. The number of carbonyl (C=O) groups is 1. The second kappa shape index (κ2) is 13.7. The maximum Gasteiger partial charge on any atom is 0.408 e. The van der Waals surface area contributed by atoms with Crippen molar-refractivity contribution in [3.05, 3.63) is 41.5 Å². The second-order valence-electron chi connectivity index (χ2n) is 9.49. The van der Waals surface area contributed by atoms with Gasteiger partial charge in [0, 0.05) is 0 Å². The van der Waals surface area contributed by atoms with Crippen LogP contribution in [-0.2, 0) is 20.7 Å². The van der Waals surface area contributed by atoms with Crippen molar-refractivity contribution in [3.63, 3.8) is 0 Å². The van der Waals surface area contributed by atoms with Crippen LogP contribution in [-0.4, -0.2) is 30.5 Å². The topological polar surface area (TPSA) is 81.7 Å². The first kappa shape index (κ1) is 28.4. The summed E-state index contributed by atoms with van der Waals surface area (Å²) in [5.41, 5.74) is 1.90. The molecule has 0 bridgehead atoms. The Labute approximate surface area is 187 Å². The van der Waals surface area contributed by atoms with E-state index in [1.165, 1.54) is 5.57 Å². The maximum atomic E-state index is 12.3. The van der Waals surface area contributed by atoms with E-state index in [0.29, 0.717) is 6.42 Å². The van der Waals surface area contributed by atoms with Crippen molar-refractivity contribution in [2.45, 2.75) is 86.3 Å². The van der Waals surface area contributed by atoms with Crippen LogP contribution in [0.25, 0.3) is 0 Å². The summed E-state index contributed by atoms with van der Waals surface area (Å²) < 4.78 is 11.2. The molecular weight excluding hydrogens is 394 g/mol. The van der Waals surface area contributed by atoms with Crippen molar-refractivity contribution >= 4 is 12.2 Å². The molecule has 0 spiro atoms. The third kappa shape index (κ3) is 14.1. The number of ether oxygens (including phenoxy) is 2. The van der Waals surface area contributed by atoms with E-state index in [0.717, 1.165) is 30.8 Å². The first-order valence-corrected chi connectivity index (χ1v) is 10.7. The molecule has 1 aromatic rings. The van der Waals surface area contributed by atoms with Gasteiger partial charge in [-0.25, -0.2) is 4.79 Å². The lowest BCUT2D eigenvalue weighted by atomic mass is 9.86. The fraction of sp³-hybridized carbons (Fsp3) is 0.600. The molecule has 31 heavy (non-hydrogen) atoms. The molecule has 0 aromatic heterocycles. The van der Waals surface area contributed by atoms with E-state index < -0.39 is 11.7 Å². The van der Waals surface area contributed by atoms with E-state index in [1.807, 2.05) is 32.9 Å². The number of carbonyl (C=O) groups excluding carboxylic acids is 3. The lowest BCUT2D eigenvalue weighted by Crippen LogP contribution is -2.39. The van der Waals surface area contributed by atoms with Crippen LogP contribution < -0.4 is 10.1 Å². The summed E-state index contributed by atoms with van der Waals surface area (Å²) in [5.74, 6) is 0.885. The van der Waals surface area contributed by atoms with Gasteiger partial charge in [0.05, 0.1) is 12.6 Å². The van der Waals surface area contributed by atoms with E-state index in [9.17, 15) is 4.79 Å². The molecule has 0 saturated heterocycles. The van der Waals surface area contributed by atoms with E-state index in [4.69, 9.17) is 19.1 Å². The average molecular weight is 434 g/mol. The Morgan fingerprint density at radius 2 is 1.65 bits per heavy atom. The van der Waals surface area contributed by atoms with Crippen LogP contribution in [0.15, 0.2) is 35.9 Å². The van der Waals surface area contributed by atoms with Gasteiger partial charge < -0.3 is 14.8 Å². The number of allylic oxidation sites excluding steroid dienone is 1. The summed E-state index contributed by atoms with van der Waals surface area (Å²) in [6, 6.07) is 7.98. The van der Waals surface area contributed by atoms with Gasteiger partial charge in [-0.2, -0.15) is 9.59 Å². The fourth-order valence-corrected chi connectivity index (χ4v) is 2.47. The minimum atomic E-state index is -0.519. The first-order valence-electron chi connectivity index (χ1n) is 10.7. The molecule has 174 valence electrons. The number of alkyl carbamates (subject to hydrolysis) is 1. The van der Waals surface area contributed by atoms with Crippen molar-refractivity contribution in [1.82, 2.24) is 5.32 Å². The Kier molecular flexibility index (Phi) is 12.5. The summed E-state index contributed by atoms with van der Waals surface area (Å²) in [6.45, 7) is 17.1. The van der Waals surface area contributed by atoms with Crippen LogP contribution >= 0.6 is 0 Å². The number of nitrogens with one attached hydrogen (secondary N) is 1. The van der Waals surface area contributed by atoms with Gasteiger partial charge in [0.1, 0.15) is 11.4 Å². The van der Waals surface area contributed by atoms with Gasteiger partial charge in [-0.05, 0) is 63.6 Å². The summed E-state index contributed by atoms with van der Waals surface area (Å²) >= 11 is 0. The van der Waals surface area contributed by atoms with Gasteiger partial charge in [0.25, 0.3) is 0 Å². The van der Waals surface area contributed by atoms with Crippen LogP contribution in [0.1, 0.15) is 73.8 Å². The molecule has 6 heteroatoms. The van der Waals surface area contributed by atoms with E-state index in [2.05, 4.69) is 58.1 Å². The van der Waals surface area contributed by atoms with Crippen molar-refractivity contribution < 1.29 is 23.9 Å². The zero-order valence-corrected chi connectivity index (χ0v) is 20.3.